The first-order chi connectivity index (χ1) is 13.6. The van der Waals surface area contributed by atoms with Gasteiger partial charge in [-0.1, -0.05) is 24.3 Å². The maximum Gasteiger partial charge on any atom is 0.374 e. The number of rotatable bonds is 5. The summed E-state index contributed by atoms with van der Waals surface area (Å²) in [5.41, 5.74) is 1.18. The van der Waals surface area contributed by atoms with Crippen LogP contribution in [-0.2, 0) is 19.1 Å². The molecule has 0 saturated carbocycles. The Labute approximate surface area is 162 Å². The summed E-state index contributed by atoms with van der Waals surface area (Å²) < 4.78 is 10.0. The number of hydrogen-bond acceptors (Lipinski definition) is 9. The minimum absolute atomic E-state index is 0.0520. The molecule has 2 N–H and O–H groups in total. The Hall–Kier alpha value is -3.36. The smallest absolute Gasteiger partial charge is 0.374 e. The van der Waals surface area contributed by atoms with Crippen LogP contribution in [0.25, 0.3) is 0 Å². The van der Waals surface area contributed by atoms with Gasteiger partial charge < -0.3 is 19.9 Å². The molecule has 2 aliphatic heterocycles. The highest BCUT2D eigenvalue weighted by Gasteiger charge is 2.40. The van der Waals surface area contributed by atoms with E-state index < -0.39 is 23.7 Å². The van der Waals surface area contributed by atoms with E-state index in [0.717, 1.165) is 5.56 Å². The highest BCUT2D eigenvalue weighted by atomic mass is 16.5. The first-order valence-corrected chi connectivity index (χ1v) is 9.06. The Bertz CT molecular complexity index is 862. The van der Waals surface area contributed by atoms with E-state index in [1.807, 2.05) is 12.1 Å². The van der Waals surface area contributed by atoms with Gasteiger partial charge in [-0.25, -0.2) is 19.6 Å². The van der Waals surface area contributed by atoms with E-state index in [-0.39, 0.29) is 18.8 Å². The van der Waals surface area contributed by atoms with Crippen molar-refractivity contribution in [2.45, 2.75) is 19.9 Å². The standard InChI is InChI=1S/C19H22N4O5/c1-3-27-17(25)14(16(24)18(26)28-4-2)15-13-8-6-5-7-12(13)11-22-23(15)19-20-9-10-21-19/h5-8,11,15,24H,3-4,9-10H2,1-2H3,(H,20,21)/b16-14+. The summed E-state index contributed by atoms with van der Waals surface area (Å²) in [6.07, 6.45) is 1.64. The lowest BCUT2D eigenvalue weighted by Gasteiger charge is -2.33. The van der Waals surface area contributed by atoms with E-state index >= 15 is 0 Å². The van der Waals surface area contributed by atoms with Crippen LogP contribution in [0, 0.1) is 0 Å². The summed E-state index contributed by atoms with van der Waals surface area (Å²) in [5.74, 6) is -2.19. The molecule has 3 rings (SSSR count). The van der Waals surface area contributed by atoms with Gasteiger partial charge in [-0.3, -0.25) is 0 Å². The summed E-state index contributed by atoms with van der Waals surface area (Å²) in [7, 11) is 0. The van der Waals surface area contributed by atoms with Crippen LogP contribution in [0.2, 0.25) is 0 Å². The van der Waals surface area contributed by atoms with Crippen LogP contribution in [0.1, 0.15) is 31.0 Å². The average Bonchev–Trinajstić information content (AvgIpc) is 3.23. The minimum Gasteiger partial charge on any atom is -0.501 e. The monoisotopic (exact) mass is 386 g/mol. The summed E-state index contributed by atoms with van der Waals surface area (Å²) in [6.45, 7) is 4.56. The van der Waals surface area contributed by atoms with Crippen molar-refractivity contribution < 1.29 is 24.2 Å². The number of hydrogen-bond donors (Lipinski definition) is 2. The van der Waals surface area contributed by atoms with Gasteiger partial charge in [-0.15, -0.1) is 0 Å². The summed E-state index contributed by atoms with van der Waals surface area (Å²) in [5, 5.41) is 19.6. The van der Waals surface area contributed by atoms with Gasteiger partial charge in [-0.2, -0.15) is 5.10 Å². The molecular weight excluding hydrogens is 364 g/mol. The van der Waals surface area contributed by atoms with Crippen molar-refractivity contribution in [3.05, 3.63) is 46.7 Å². The lowest BCUT2D eigenvalue weighted by molar-refractivity contribution is -0.144. The van der Waals surface area contributed by atoms with E-state index in [1.165, 1.54) is 5.01 Å². The van der Waals surface area contributed by atoms with Crippen molar-refractivity contribution >= 4 is 24.1 Å². The van der Waals surface area contributed by atoms with Gasteiger partial charge in [0.15, 0.2) is 0 Å². The molecule has 148 valence electrons. The molecular formula is C19H22N4O5. The molecule has 2 aliphatic rings. The highest BCUT2D eigenvalue weighted by Crippen LogP contribution is 2.36. The number of ether oxygens (including phenoxy) is 2. The summed E-state index contributed by atoms with van der Waals surface area (Å²) >= 11 is 0. The molecule has 1 aromatic carbocycles. The third kappa shape index (κ3) is 3.68. The van der Waals surface area contributed by atoms with Crippen LogP contribution < -0.4 is 5.32 Å². The highest BCUT2D eigenvalue weighted by molar-refractivity contribution is 6.01. The fraction of sp³-hybridized carbons (Fsp3) is 0.368. The second kappa shape index (κ2) is 8.55. The molecule has 0 spiro atoms. The maximum absolute atomic E-state index is 12.8. The van der Waals surface area contributed by atoms with Crippen LogP contribution in [0.3, 0.4) is 0 Å². The fourth-order valence-electron chi connectivity index (χ4n) is 3.05. The largest absolute Gasteiger partial charge is 0.501 e. The zero-order valence-corrected chi connectivity index (χ0v) is 15.7. The van der Waals surface area contributed by atoms with Crippen LogP contribution >= 0.6 is 0 Å². The zero-order valence-electron chi connectivity index (χ0n) is 15.7. The van der Waals surface area contributed by atoms with Gasteiger partial charge in [-0.05, 0) is 19.4 Å². The quantitative estimate of drug-likeness (QED) is 0.445. The molecule has 0 radical (unpaired) electrons. The number of benzene rings is 1. The Morgan fingerprint density at radius 3 is 2.61 bits per heavy atom. The molecule has 9 heteroatoms. The first-order valence-electron chi connectivity index (χ1n) is 9.06. The van der Waals surface area contributed by atoms with Crippen molar-refractivity contribution in [3.63, 3.8) is 0 Å². The molecule has 0 amide bonds. The Kier molecular flexibility index (Phi) is 5.93. The van der Waals surface area contributed by atoms with Crippen LogP contribution in [0.5, 0.6) is 0 Å². The number of aliphatic hydroxyl groups is 1. The molecule has 0 aromatic heterocycles. The van der Waals surface area contributed by atoms with Gasteiger partial charge in [0, 0.05) is 12.1 Å². The van der Waals surface area contributed by atoms with E-state index in [9.17, 15) is 14.7 Å². The number of carbonyl (C=O) groups is 2. The van der Waals surface area contributed by atoms with Crippen LogP contribution in [0.15, 0.2) is 45.7 Å². The topological polar surface area (TPSA) is 113 Å². The van der Waals surface area contributed by atoms with E-state index in [1.54, 1.807) is 32.2 Å². The van der Waals surface area contributed by atoms with Gasteiger partial charge >= 0.3 is 11.9 Å². The van der Waals surface area contributed by atoms with Crippen LogP contribution in [-0.4, -0.2) is 60.5 Å². The van der Waals surface area contributed by atoms with Crippen molar-refractivity contribution in [1.82, 2.24) is 10.3 Å². The van der Waals surface area contributed by atoms with E-state index in [0.29, 0.717) is 24.6 Å². The Balaban J connectivity index is 2.18. The Morgan fingerprint density at radius 1 is 1.21 bits per heavy atom. The molecule has 9 nitrogen and oxygen atoms in total. The molecule has 0 fully saturated rings. The predicted octanol–water partition coefficient (Wildman–Crippen LogP) is 1.27. The molecule has 2 heterocycles. The first kappa shape index (κ1) is 19.4. The van der Waals surface area contributed by atoms with E-state index in [4.69, 9.17) is 9.47 Å². The number of nitrogens with one attached hydrogen (secondary N) is 1. The van der Waals surface area contributed by atoms with Gasteiger partial charge in [0.2, 0.25) is 11.7 Å². The fourth-order valence-corrected chi connectivity index (χ4v) is 3.05. The van der Waals surface area contributed by atoms with Crippen molar-refractivity contribution in [2.24, 2.45) is 10.1 Å². The maximum atomic E-state index is 12.8. The van der Waals surface area contributed by atoms with Crippen molar-refractivity contribution in [1.29, 1.82) is 0 Å². The minimum atomic E-state index is -1.00. The number of carbonyl (C=O) groups excluding carboxylic acids is 2. The molecule has 0 saturated heterocycles. The normalized spacial score (nSPS) is 18.6. The lowest BCUT2D eigenvalue weighted by atomic mass is 9.92. The summed E-state index contributed by atoms with van der Waals surface area (Å²) in [4.78, 5) is 29.4. The average molecular weight is 386 g/mol. The second-order valence-corrected chi connectivity index (χ2v) is 5.96. The van der Waals surface area contributed by atoms with Crippen LogP contribution in [0.4, 0.5) is 0 Å². The van der Waals surface area contributed by atoms with Gasteiger partial charge in [0.05, 0.1) is 26.0 Å². The van der Waals surface area contributed by atoms with Crippen molar-refractivity contribution in [3.8, 4) is 0 Å². The number of esters is 2. The molecule has 0 aliphatic carbocycles. The number of hydrazone groups is 1. The number of aliphatic imine (C=N–C) groups is 1. The third-order valence-corrected chi connectivity index (χ3v) is 4.22. The van der Waals surface area contributed by atoms with Gasteiger partial charge in [0.1, 0.15) is 11.6 Å². The lowest BCUT2D eigenvalue weighted by Crippen LogP contribution is -2.42. The molecule has 0 bridgehead atoms. The number of nitrogens with zero attached hydrogens (tertiary/aromatic N) is 3. The molecule has 28 heavy (non-hydrogen) atoms. The molecule has 1 aromatic rings. The Morgan fingerprint density at radius 2 is 1.93 bits per heavy atom. The van der Waals surface area contributed by atoms with E-state index in [2.05, 4.69) is 15.4 Å². The molecule has 1 unspecified atom stereocenters. The SMILES string of the molecule is CCOC(=O)/C(O)=C(\C(=O)OCC)C1c2ccccc2C=NN1C1=NCCN1. The summed E-state index contributed by atoms with van der Waals surface area (Å²) in [6, 6.07) is 6.36. The number of aliphatic hydroxyl groups excluding tert-OH is 1. The zero-order chi connectivity index (χ0) is 20.1. The van der Waals surface area contributed by atoms with Crippen molar-refractivity contribution in [2.75, 3.05) is 26.3 Å². The number of guanidine groups is 1. The second-order valence-electron chi connectivity index (χ2n) is 5.96. The predicted molar refractivity (Wildman–Crippen MR) is 102 cm³/mol. The van der Waals surface area contributed by atoms with Gasteiger partial charge in [0.25, 0.3) is 0 Å². The number of fused-ring (bicyclic) bond motifs is 1. The third-order valence-electron chi connectivity index (χ3n) is 4.22. The molecule has 1 atom stereocenters.